The van der Waals surface area contributed by atoms with Crippen molar-refractivity contribution >= 4 is 17.0 Å². The molecule has 24 heavy (non-hydrogen) atoms. The smallest absolute Gasteiger partial charge is 0.326 e. The Labute approximate surface area is 136 Å². The quantitative estimate of drug-likeness (QED) is 0.771. The van der Waals surface area contributed by atoms with Crippen LogP contribution in [0.4, 0.5) is 14.6 Å². The van der Waals surface area contributed by atoms with Crippen LogP contribution in [0, 0.1) is 11.6 Å². The average molecular weight is 335 g/mol. The van der Waals surface area contributed by atoms with Gasteiger partial charge in [0.25, 0.3) is 0 Å². The minimum Gasteiger partial charge on any atom is -0.494 e. The molecule has 0 atom stereocenters. The fourth-order valence-electron chi connectivity index (χ4n) is 2.24. The summed E-state index contributed by atoms with van der Waals surface area (Å²) in [5.74, 6) is -2.84. The number of anilines is 1. The van der Waals surface area contributed by atoms with Gasteiger partial charge in [0.2, 0.25) is 11.6 Å². The molecule has 9 heteroatoms. The first-order chi connectivity index (χ1) is 11.5. The number of hydrogen-bond acceptors (Lipinski definition) is 6. The predicted molar refractivity (Wildman–Crippen MR) is 83.0 cm³/mol. The maximum absolute atomic E-state index is 14.0. The fourth-order valence-corrected chi connectivity index (χ4v) is 2.24. The van der Waals surface area contributed by atoms with E-state index >= 15 is 0 Å². The fraction of sp³-hybridized carbons (Fsp3) is 0.267. The summed E-state index contributed by atoms with van der Waals surface area (Å²) < 4.78 is 39.5. The minimum atomic E-state index is -1.20. The van der Waals surface area contributed by atoms with Crippen molar-refractivity contribution in [1.82, 2.24) is 19.5 Å². The lowest BCUT2D eigenvalue weighted by Gasteiger charge is -2.09. The summed E-state index contributed by atoms with van der Waals surface area (Å²) in [4.78, 5) is 12.3. The number of halogens is 2. The maximum Gasteiger partial charge on any atom is 0.326 e. The molecule has 0 radical (unpaired) electrons. The number of fused-ring (bicyclic) bond motifs is 1. The van der Waals surface area contributed by atoms with Crippen LogP contribution in [0.3, 0.4) is 0 Å². The molecule has 2 heterocycles. The number of hydrogen-bond donors (Lipinski definition) is 1. The maximum atomic E-state index is 14.0. The van der Waals surface area contributed by atoms with Crippen LogP contribution in [0.1, 0.15) is 13.3 Å². The lowest BCUT2D eigenvalue weighted by Crippen LogP contribution is -2.03. The normalized spacial score (nSPS) is 11.0. The Bertz CT molecular complexity index is 897. The summed E-state index contributed by atoms with van der Waals surface area (Å²) >= 11 is 0. The van der Waals surface area contributed by atoms with E-state index in [9.17, 15) is 8.78 Å². The highest BCUT2D eigenvalue weighted by Gasteiger charge is 2.18. The first kappa shape index (κ1) is 15.9. The van der Waals surface area contributed by atoms with E-state index in [4.69, 9.17) is 15.2 Å². The summed E-state index contributed by atoms with van der Waals surface area (Å²) in [5.41, 5.74) is 6.73. The monoisotopic (exact) mass is 335 g/mol. The molecule has 126 valence electrons. The number of benzene rings is 1. The first-order valence-corrected chi connectivity index (χ1v) is 7.23. The summed E-state index contributed by atoms with van der Waals surface area (Å²) in [6, 6.07) is 2.28. The Morgan fingerprint density at radius 3 is 2.58 bits per heavy atom. The van der Waals surface area contributed by atoms with Crippen LogP contribution < -0.4 is 15.2 Å². The van der Waals surface area contributed by atoms with E-state index in [1.54, 1.807) is 10.9 Å². The summed E-state index contributed by atoms with van der Waals surface area (Å²) in [5, 5.41) is 0. The number of nitrogens with two attached hydrogens (primary N) is 1. The average Bonchev–Trinajstić information content (AvgIpc) is 2.96. The van der Waals surface area contributed by atoms with Crippen molar-refractivity contribution in [1.29, 1.82) is 0 Å². The van der Waals surface area contributed by atoms with Crippen molar-refractivity contribution in [2.75, 3.05) is 12.8 Å². The SMILES string of the molecule is CCCn1cnc2c(N)nc(Oc3ccc(OC)c(F)c3F)nc21. The van der Waals surface area contributed by atoms with Gasteiger partial charge in [-0.25, -0.2) is 4.98 Å². The molecule has 0 unspecified atom stereocenters. The topological polar surface area (TPSA) is 88.1 Å². The van der Waals surface area contributed by atoms with E-state index < -0.39 is 11.6 Å². The van der Waals surface area contributed by atoms with Gasteiger partial charge in [-0.05, 0) is 18.6 Å². The highest BCUT2D eigenvalue weighted by Crippen LogP contribution is 2.30. The van der Waals surface area contributed by atoms with Gasteiger partial charge >= 0.3 is 6.01 Å². The highest BCUT2D eigenvalue weighted by atomic mass is 19.2. The molecule has 0 saturated heterocycles. The Kier molecular flexibility index (Phi) is 4.15. The highest BCUT2D eigenvalue weighted by molar-refractivity contribution is 5.81. The molecule has 2 aromatic heterocycles. The number of nitrogen functional groups attached to an aromatic ring is 1. The lowest BCUT2D eigenvalue weighted by atomic mass is 10.3. The van der Waals surface area contributed by atoms with Gasteiger partial charge in [0.15, 0.2) is 28.5 Å². The van der Waals surface area contributed by atoms with Crippen LogP contribution in [0.2, 0.25) is 0 Å². The zero-order valence-electron chi connectivity index (χ0n) is 13.1. The zero-order valence-corrected chi connectivity index (χ0v) is 13.1. The van der Waals surface area contributed by atoms with E-state index in [0.29, 0.717) is 17.7 Å². The molecule has 7 nitrogen and oxygen atoms in total. The van der Waals surface area contributed by atoms with Crippen LogP contribution in [0.25, 0.3) is 11.2 Å². The Morgan fingerprint density at radius 1 is 1.17 bits per heavy atom. The second-order valence-corrected chi connectivity index (χ2v) is 5.00. The number of ether oxygens (including phenoxy) is 2. The van der Waals surface area contributed by atoms with Crippen LogP contribution in [0.5, 0.6) is 17.5 Å². The van der Waals surface area contributed by atoms with Crippen molar-refractivity contribution in [2.45, 2.75) is 19.9 Å². The van der Waals surface area contributed by atoms with Gasteiger partial charge in [-0.3, -0.25) is 0 Å². The van der Waals surface area contributed by atoms with Crippen LogP contribution in [-0.2, 0) is 6.54 Å². The standard InChI is InChI=1S/C15H15F2N5O2/c1-3-6-22-7-19-12-13(18)20-15(21-14(12)22)24-9-5-4-8(23-2)10(16)11(9)17/h4-5,7H,3,6H2,1-2H3,(H2,18,20,21). The number of nitrogens with zero attached hydrogens (tertiary/aromatic N) is 4. The van der Waals surface area contributed by atoms with Crippen LogP contribution in [-0.4, -0.2) is 26.6 Å². The second kappa shape index (κ2) is 6.26. The van der Waals surface area contributed by atoms with Crippen molar-refractivity contribution in [3.05, 3.63) is 30.1 Å². The zero-order chi connectivity index (χ0) is 17.3. The first-order valence-electron chi connectivity index (χ1n) is 7.23. The number of imidazole rings is 1. The number of aryl methyl sites for hydroxylation is 1. The van der Waals surface area contributed by atoms with E-state index in [1.807, 2.05) is 6.92 Å². The number of methoxy groups -OCH3 is 1. The summed E-state index contributed by atoms with van der Waals surface area (Å²) in [7, 11) is 1.24. The van der Waals surface area contributed by atoms with Gasteiger partial charge in [-0.15, -0.1) is 0 Å². The molecule has 0 aliphatic carbocycles. The Hall–Kier alpha value is -2.97. The largest absolute Gasteiger partial charge is 0.494 e. The predicted octanol–water partition coefficient (Wildman–Crippen LogP) is 2.90. The van der Waals surface area contributed by atoms with Crippen molar-refractivity contribution in [2.24, 2.45) is 0 Å². The molecule has 0 aliphatic rings. The van der Waals surface area contributed by atoms with E-state index in [2.05, 4.69) is 15.0 Å². The van der Waals surface area contributed by atoms with Crippen LogP contribution >= 0.6 is 0 Å². The molecular weight excluding hydrogens is 320 g/mol. The third kappa shape index (κ3) is 2.68. The number of rotatable bonds is 5. The van der Waals surface area contributed by atoms with E-state index in [1.165, 1.54) is 19.2 Å². The van der Waals surface area contributed by atoms with Crippen molar-refractivity contribution in [3.8, 4) is 17.5 Å². The van der Waals surface area contributed by atoms with Crippen molar-refractivity contribution in [3.63, 3.8) is 0 Å². The second-order valence-electron chi connectivity index (χ2n) is 5.00. The summed E-state index contributed by atoms with van der Waals surface area (Å²) in [6.45, 7) is 2.68. The molecule has 0 aliphatic heterocycles. The lowest BCUT2D eigenvalue weighted by molar-refractivity contribution is 0.353. The molecule has 0 bridgehead atoms. The van der Waals surface area contributed by atoms with Crippen molar-refractivity contribution < 1.29 is 18.3 Å². The van der Waals surface area contributed by atoms with Gasteiger partial charge in [0, 0.05) is 6.54 Å². The van der Waals surface area contributed by atoms with E-state index in [0.717, 1.165) is 6.42 Å². The van der Waals surface area contributed by atoms with Gasteiger partial charge in [-0.2, -0.15) is 18.7 Å². The molecule has 0 spiro atoms. The minimum absolute atomic E-state index is 0.0965. The van der Waals surface area contributed by atoms with Gasteiger partial charge in [0.1, 0.15) is 0 Å². The van der Waals surface area contributed by atoms with Gasteiger partial charge in [-0.1, -0.05) is 6.92 Å². The molecule has 3 aromatic rings. The summed E-state index contributed by atoms with van der Waals surface area (Å²) in [6.07, 6.45) is 2.46. The van der Waals surface area contributed by atoms with Crippen LogP contribution in [0.15, 0.2) is 18.5 Å². The third-order valence-corrected chi connectivity index (χ3v) is 3.37. The molecule has 3 rings (SSSR count). The Balaban J connectivity index is 2.01. The molecule has 0 saturated carbocycles. The third-order valence-electron chi connectivity index (χ3n) is 3.37. The number of aromatic nitrogens is 4. The molecule has 1 aromatic carbocycles. The molecule has 2 N–H and O–H groups in total. The Morgan fingerprint density at radius 2 is 1.88 bits per heavy atom. The van der Waals surface area contributed by atoms with E-state index in [-0.39, 0.29) is 23.3 Å². The molecule has 0 fully saturated rings. The molecule has 0 amide bonds. The van der Waals surface area contributed by atoms with Gasteiger partial charge in [0.05, 0.1) is 13.4 Å². The molecular formula is C15H15F2N5O2. The van der Waals surface area contributed by atoms with Gasteiger partial charge < -0.3 is 19.8 Å².